The normalized spacial score (nSPS) is 15.5. The molecule has 2 aromatic heterocycles. The molecule has 2 aromatic rings. The van der Waals surface area contributed by atoms with Crippen LogP contribution in [0.15, 0.2) is 35.3 Å². The van der Waals surface area contributed by atoms with Gasteiger partial charge in [-0.2, -0.15) is 5.26 Å². The highest BCUT2D eigenvalue weighted by Crippen LogP contribution is 2.05. The molecule has 0 aromatic carbocycles. The minimum Gasteiger partial charge on any atom is -0.379 e. The molecule has 7 nitrogen and oxygen atoms in total. The number of ether oxygens (including phenoxy) is 1. The molecule has 0 spiro atoms. The van der Waals surface area contributed by atoms with Crippen molar-refractivity contribution in [1.82, 2.24) is 19.2 Å². The number of nitrogens with zero attached hydrogens (tertiary/aromatic N) is 5. The lowest BCUT2D eigenvalue weighted by Gasteiger charge is -2.29. The highest BCUT2D eigenvalue weighted by Gasteiger charge is 2.14. The first-order chi connectivity index (χ1) is 12.3. The van der Waals surface area contributed by atoms with Gasteiger partial charge in [-0.3, -0.25) is 19.0 Å². The van der Waals surface area contributed by atoms with Crippen LogP contribution < -0.4 is 5.56 Å². The first kappa shape index (κ1) is 17.5. The Morgan fingerprint density at radius 1 is 1.28 bits per heavy atom. The second kappa shape index (κ2) is 8.72. The molecule has 0 unspecified atom stereocenters. The Kier molecular flexibility index (Phi) is 6.12. The molecule has 0 saturated carbocycles. The van der Waals surface area contributed by atoms with Gasteiger partial charge in [0.2, 0.25) is 0 Å². The van der Waals surface area contributed by atoms with Crippen molar-refractivity contribution in [2.75, 3.05) is 45.9 Å². The van der Waals surface area contributed by atoms with Crippen LogP contribution >= 0.6 is 0 Å². The zero-order chi connectivity index (χ0) is 17.5. The average molecular weight is 341 g/mol. The van der Waals surface area contributed by atoms with Crippen LogP contribution in [0.3, 0.4) is 0 Å². The molecule has 1 fully saturated rings. The second-order valence-corrected chi connectivity index (χ2v) is 6.15. The van der Waals surface area contributed by atoms with Gasteiger partial charge in [-0.05, 0) is 12.1 Å². The van der Waals surface area contributed by atoms with E-state index in [2.05, 4.69) is 20.9 Å². The number of rotatable bonds is 7. The summed E-state index contributed by atoms with van der Waals surface area (Å²) in [6.45, 7) is 6.48. The van der Waals surface area contributed by atoms with Gasteiger partial charge in [0.05, 0.1) is 25.0 Å². The van der Waals surface area contributed by atoms with E-state index in [0.29, 0.717) is 25.2 Å². The Morgan fingerprint density at radius 2 is 2.12 bits per heavy atom. The largest absolute Gasteiger partial charge is 0.379 e. The average Bonchev–Trinajstić information content (AvgIpc) is 2.65. The van der Waals surface area contributed by atoms with Crippen LogP contribution in [0.2, 0.25) is 0 Å². The molecule has 1 saturated heterocycles. The van der Waals surface area contributed by atoms with Crippen LogP contribution in [0, 0.1) is 11.3 Å². The number of fused-ring (bicyclic) bond motifs is 1. The highest BCUT2D eigenvalue weighted by molar-refractivity contribution is 5.37. The number of morpholine rings is 1. The Morgan fingerprint density at radius 3 is 2.92 bits per heavy atom. The van der Waals surface area contributed by atoms with Crippen LogP contribution in [0.4, 0.5) is 0 Å². The van der Waals surface area contributed by atoms with Gasteiger partial charge in [0.25, 0.3) is 5.56 Å². The fourth-order valence-electron chi connectivity index (χ4n) is 3.00. The fourth-order valence-corrected chi connectivity index (χ4v) is 3.00. The monoisotopic (exact) mass is 341 g/mol. The molecule has 0 atom stereocenters. The molecule has 0 aliphatic carbocycles. The van der Waals surface area contributed by atoms with Crippen molar-refractivity contribution in [1.29, 1.82) is 5.26 Å². The van der Waals surface area contributed by atoms with Crippen LogP contribution in [0.5, 0.6) is 0 Å². The first-order valence-corrected chi connectivity index (χ1v) is 8.63. The van der Waals surface area contributed by atoms with Crippen molar-refractivity contribution in [3.05, 3.63) is 46.5 Å². The molecule has 25 heavy (non-hydrogen) atoms. The number of hydrogen-bond acceptors (Lipinski definition) is 6. The summed E-state index contributed by atoms with van der Waals surface area (Å²) >= 11 is 0. The summed E-state index contributed by atoms with van der Waals surface area (Å²) < 4.78 is 6.91. The summed E-state index contributed by atoms with van der Waals surface area (Å²) in [5.41, 5.74) is 1.32. The van der Waals surface area contributed by atoms with Gasteiger partial charge in [-0.1, -0.05) is 6.07 Å². The summed E-state index contributed by atoms with van der Waals surface area (Å²) in [6.07, 6.45) is 2.19. The standard InChI is InChI=1S/C18H23N5O2/c19-5-3-6-22(9-8-21-10-12-25-13-11-21)15-16-14-18(24)23-7-2-1-4-17(23)20-16/h1-2,4,7,14H,3,6,8-13,15H2. The smallest absolute Gasteiger partial charge is 0.258 e. The number of nitriles is 1. The predicted molar refractivity (Wildman–Crippen MR) is 94.2 cm³/mol. The van der Waals surface area contributed by atoms with E-state index in [9.17, 15) is 4.79 Å². The van der Waals surface area contributed by atoms with Crippen molar-refractivity contribution >= 4 is 5.65 Å². The maximum atomic E-state index is 12.2. The van der Waals surface area contributed by atoms with Crippen LogP contribution in [-0.2, 0) is 11.3 Å². The zero-order valence-electron chi connectivity index (χ0n) is 14.3. The Bertz CT molecular complexity index is 792. The molecule has 0 bridgehead atoms. The van der Waals surface area contributed by atoms with E-state index < -0.39 is 0 Å². The zero-order valence-corrected chi connectivity index (χ0v) is 14.3. The molecule has 0 radical (unpaired) electrons. The van der Waals surface area contributed by atoms with E-state index >= 15 is 0 Å². The van der Waals surface area contributed by atoms with Gasteiger partial charge in [-0.15, -0.1) is 0 Å². The molecule has 0 N–H and O–H groups in total. The van der Waals surface area contributed by atoms with E-state index in [1.54, 1.807) is 12.3 Å². The Hall–Kier alpha value is -2.27. The van der Waals surface area contributed by atoms with Gasteiger partial charge < -0.3 is 4.74 Å². The minimum atomic E-state index is -0.0750. The van der Waals surface area contributed by atoms with Crippen molar-refractivity contribution in [2.24, 2.45) is 0 Å². The maximum Gasteiger partial charge on any atom is 0.258 e. The van der Waals surface area contributed by atoms with E-state index in [4.69, 9.17) is 10.00 Å². The van der Waals surface area contributed by atoms with Gasteiger partial charge >= 0.3 is 0 Å². The van der Waals surface area contributed by atoms with Gasteiger partial charge in [0.1, 0.15) is 5.65 Å². The van der Waals surface area contributed by atoms with Crippen LogP contribution in [-0.4, -0.2) is 65.1 Å². The predicted octanol–water partition coefficient (Wildman–Crippen LogP) is 0.742. The molecule has 1 aliphatic rings. The third kappa shape index (κ3) is 4.86. The van der Waals surface area contributed by atoms with E-state index in [1.165, 1.54) is 4.40 Å². The van der Waals surface area contributed by atoms with Crippen molar-refractivity contribution in [2.45, 2.75) is 13.0 Å². The summed E-state index contributed by atoms with van der Waals surface area (Å²) in [7, 11) is 0. The van der Waals surface area contributed by atoms with Crippen LogP contribution in [0.1, 0.15) is 12.1 Å². The first-order valence-electron chi connectivity index (χ1n) is 8.63. The Balaban J connectivity index is 1.68. The molecule has 1 aliphatic heterocycles. The molecule has 3 heterocycles. The molecule has 0 amide bonds. The summed E-state index contributed by atoms with van der Waals surface area (Å²) in [5.74, 6) is 0. The van der Waals surface area contributed by atoms with Crippen molar-refractivity contribution in [3.8, 4) is 6.07 Å². The molecule has 132 valence electrons. The van der Waals surface area contributed by atoms with Crippen molar-refractivity contribution < 1.29 is 4.74 Å². The van der Waals surface area contributed by atoms with Gasteiger partial charge in [-0.25, -0.2) is 4.98 Å². The van der Waals surface area contributed by atoms with Crippen molar-refractivity contribution in [3.63, 3.8) is 0 Å². The third-order valence-electron chi connectivity index (χ3n) is 4.39. The fraction of sp³-hybridized carbons (Fsp3) is 0.500. The lowest BCUT2D eigenvalue weighted by atomic mass is 10.3. The third-order valence-corrected chi connectivity index (χ3v) is 4.39. The molecule has 3 rings (SSSR count). The summed E-state index contributed by atoms with van der Waals surface area (Å²) in [6, 6.07) is 9.31. The summed E-state index contributed by atoms with van der Waals surface area (Å²) in [5, 5.41) is 8.91. The number of hydrogen-bond donors (Lipinski definition) is 0. The molecular weight excluding hydrogens is 318 g/mol. The second-order valence-electron chi connectivity index (χ2n) is 6.15. The van der Waals surface area contributed by atoms with E-state index in [1.807, 2.05) is 18.2 Å². The van der Waals surface area contributed by atoms with E-state index in [-0.39, 0.29) is 5.56 Å². The number of pyridine rings is 1. The van der Waals surface area contributed by atoms with Gasteiger partial charge in [0, 0.05) is 58.0 Å². The minimum absolute atomic E-state index is 0.0750. The summed E-state index contributed by atoms with van der Waals surface area (Å²) in [4.78, 5) is 21.4. The number of aromatic nitrogens is 2. The topological polar surface area (TPSA) is 73.9 Å². The van der Waals surface area contributed by atoms with Crippen LogP contribution in [0.25, 0.3) is 5.65 Å². The van der Waals surface area contributed by atoms with Gasteiger partial charge in [0.15, 0.2) is 0 Å². The quantitative estimate of drug-likeness (QED) is 0.740. The lowest BCUT2D eigenvalue weighted by Crippen LogP contribution is -2.41. The Labute approximate surface area is 147 Å². The molecule has 7 heteroatoms. The SMILES string of the molecule is N#CCCN(CCN1CCOCC1)Cc1cc(=O)n2ccccc2n1. The highest BCUT2D eigenvalue weighted by atomic mass is 16.5. The maximum absolute atomic E-state index is 12.2. The van der Waals surface area contributed by atoms with E-state index in [0.717, 1.165) is 45.1 Å². The lowest BCUT2D eigenvalue weighted by molar-refractivity contribution is 0.0330. The molecular formula is C18H23N5O2.